The van der Waals surface area contributed by atoms with Crippen molar-refractivity contribution in [1.29, 1.82) is 0 Å². The van der Waals surface area contributed by atoms with E-state index in [1.165, 1.54) is 16.7 Å². The van der Waals surface area contributed by atoms with Gasteiger partial charge in [-0.15, -0.1) is 11.8 Å². The van der Waals surface area contributed by atoms with Crippen molar-refractivity contribution in [3.05, 3.63) is 53.6 Å². The van der Waals surface area contributed by atoms with Gasteiger partial charge in [0.2, 0.25) is 18.6 Å². The largest absolute Gasteiger partial charge is 0.454 e. The highest BCUT2D eigenvalue weighted by Crippen LogP contribution is 2.32. The number of thioether (sulfide) groups is 1. The van der Waals surface area contributed by atoms with Gasteiger partial charge in [0.1, 0.15) is 6.54 Å². The number of nitrogens with one attached hydrogen (secondary N) is 2. The minimum absolute atomic E-state index is 0.0288. The van der Waals surface area contributed by atoms with Crippen molar-refractivity contribution in [2.24, 2.45) is 0 Å². The lowest BCUT2D eigenvalue weighted by molar-refractivity contribution is -0.130. The maximum Gasteiger partial charge on any atom is 0.253 e. The van der Waals surface area contributed by atoms with E-state index in [1.54, 1.807) is 30.3 Å². The number of rotatable bonds is 6. The van der Waals surface area contributed by atoms with Gasteiger partial charge in [-0.1, -0.05) is 18.2 Å². The standard InChI is InChI=1S/C20H19N3O5S/c24-18(9-23-11-29-10-19(23)25)22-15-4-2-1-3-14(15)20(26)21-8-13-5-6-16-17(7-13)28-12-27-16/h1-7H,8-12H2,(H,21,26)(H,22,24). The predicted molar refractivity (Wildman–Crippen MR) is 108 cm³/mol. The fraction of sp³-hybridized carbons (Fsp3) is 0.250. The number of nitrogens with zero attached hydrogens (tertiary/aromatic N) is 1. The molecule has 0 saturated carbocycles. The Balaban J connectivity index is 1.38. The first kappa shape index (κ1) is 19.1. The Morgan fingerprint density at radius 1 is 1.10 bits per heavy atom. The van der Waals surface area contributed by atoms with Gasteiger partial charge in [0, 0.05) is 6.54 Å². The number of anilines is 1. The number of carbonyl (C=O) groups is 3. The second kappa shape index (κ2) is 8.44. The number of amides is 3. The van der Waals surface area contributed by atoms with Crippen molar-refractivity contribution in [2.45, 2.75) is 6.54 Å². The number of benzene rings is 2. The van der Waals surface area contributed by atoms with E-state index < -0.39 is 0 Å². The molecule has 2 heterocycles. The van der Waals surface area contributed by atoms with Gasteiger partial charge in [-0.3, -0.25) is 14.4 Å². The van der Waals surface area contributed by atoms with Crippen LogP contribution in [0.25, 0.3) is 0 Å². The summed E-state index contributed by atoms with van der Waals surface area (Å²) in [5.41, 5.74) is 1.62. The van der Waals surface area contributed by atoms with Gasteiger partial charge < -0.3 is 25.0 Å². The maximum absolute atomic E-state index is 12.7. The zero-order valence-electron chi connectivity index (χ0n) is 15.5. The van der Waals surface area contributed by atoms with Crippen LogP contribution in [0.3, 0.4) is 0 Å². The van der Waals surface area contributed by atoms with Gasteiger partial charge in [0.25, 0.3) is 5.91 Å². The first-order valence-electron chi connectivity index (χ1n) is 9.01. The Hall–Kier alpha value is -3.20. The molecule has 0 atom stereocenters. The Kier molecular flexibility index (Phi) is 5.57. The van der Waals surface area contributed by atoms with Crippen molar-refractivity contribution < 1.29 is 23.9 Å². The molecule has 3 amide bonds. The van der Waals surface area contributed by atoms with Crippen LogP contribution in [0.4, 0.5) is 5.69 Å². The van der Waals surface area contributed by atoms with Crippen molar-refractivity contribution in [3.8, 4) is 11.5 Å². The third-order valence-electron chi connectivity index (χ3n) is 4.50. The van der Waals surface area contributed by atoms with Crippen molar-refractivity contribution >= 4 is 35.2 Å². The molecule has 2 aliphatic rings. The van der Waals surface area contributed by atoms with Gasteiger partial charge in [0.15, 0.2) is 11.5 Å². The lowest BCUT2D eigenvalue weighted by Gasteiger charge is -2.16. The van der Waals surface area contributed by atoms with Crippen LogP contribution in [-0.2, 0) is 16.1 Å². The minimum atomic E-state index is -0.336. The van der Waals surface area contributed by atoms with Crippen LogP contribution in [0.15, 0.2) is 42.5 Å². The summed E-state index contributed by atoms with van der Waals surface area (Å²) in [7, 11) is 0. The number of ether oxygens (including phenoxy) is 2. The van der Waals surface area contributed by atoms with E-state index in [0.29, 0.717) is 40.9 Å². The molecule has 2 aromatic rings. The van der Waals surface area contributed by atoms with Gasteiger partial charge in [-0.25, -0.2) is 0 Å². The molecular weight excluding hydrogens is 394 g/mol. The molecule has 0 radical (unpaired) electrons. The van der Waals surface area contributed by atoms with Gasteiger partial charge in [0.05, 0.1) is 22.9 Å². The summed E-state index contributed by atoms with van der Waals surface area (Å²) in [6.45, 7) is 0.468. The number of para-hydroxylation sites is 1. The Morgan fingerprint density at radius 2 is 1.93 bits per heavy atom. The monoisotopic (exact) mass is 413 g/mol. The third-order valence-corrected chi connectivity index (χ3v) is 5.44. The summed E-state index contributed by atoms with van der Waals surface area (Å²) in [6.07, 6.45) is 0. The van der Waals surface area contributed by atoms with Crippen LogP contribution in [0, 0.1) is 0 Å². The van der Waals surface area contributed by atoms with E-state index in [1.807, 2.05) is 12.1 Å². The van der Waals surface area contributed by atoms with Crippen LogP contribution >= 0.6 is 11.8 Å². The highest BCUT2D eigenvalue weighted by atomic mass is 32.2. The Bertz CT molecular complexity index is 965. The molecule has 0 bridgehead atoms. The van der Waals surface area contributed by atoms with Crippen LogP contribution in [0.1, 0.15) is 15.9 Å². The summed E-state index contributed by atoms with van der Waals surface area (Å²) in [5.74, 6) is 1.53. The highest BCUT2D eigenvalue weighted by molar-refractivity contribution is 8.00. The second-order valence-electron chi connectivity index (χ2n) is 6.53. The average Bonchev–Trinajstić information content (AvgIpc) is 3.35. The third kappa shape index (κ3) is 4.45. The number of carbonyl (C=O) groups excluding carboxylic acids is 3. The van der Waals surface area contributed by atoms with Gasteiger partial charge in [-0.05, 0) is 29.8 Å². The fourth-order valence-corrected chi connectivity index (χ4v) is 3.93. The molecule has 0 aromatic heterocycles. The predicted octanol–water partition coefficient (Wildman–Crippen LogP) is 1.82. The number of hydrogen-bond acceptors (Lipinski definition) is 6. The maximum atomic E-state index is 12.7. The molecule has 29 heavy (non-hydrogen) atoms. The molecule has 150 valence electrons. The zero-order valence-corrected chi connectivity index (χ0v) is 16.3. The van der Waals surface area contributed by atoms with E-state index >= 15 is 0 Å². The summed E-state index contributed by atoms with van der Waals surface area (Å²) >= 11 is 1.47. The highest BCUT2D eigenvalue weighted by Gasteiger charge is 2.23. The van der Waals surface area contributed by atoms with E-state index in [4.69, 9.17) is 9.47 Å². The SMILES string of the molecule is O=C(CN1CSCC1=O)Nc1ccccc1C(=O)NCc1ccc2c(c1)OCO2. The molecule has 2 aromatic carbocycles. The molecule has 4 rings (SSSR count). The smallest absolute Gasteiger partial charge is 0.253 e. The molecule has 9 heteroatoms. The van der Waals surface area contributed by atoms with E-state index in [9.17, 15) is 14.4 Å². The number of fused-ring (bicyclic) bond motifs is 1. The fourth-order valence-electron chi connectivity index (χ4n) is 3.02. The van der Waals surface area contributed by atoms with Gasteiger partial charge in [-0.2, -0.15) is 0 Å². The molecular formula is C20H19N3O5S. The summed E-state index contributed by atoms with van der Waals surface area (Å²) in [4.78, 5) is 38.1. The molecule has 1 saturated heterocycles. The minimum Gasteiger partial charge on any atom is -0.454 e. The lowest BCUT2D eigenvalue weighted by Crippen LogP contribution is -2.35. The molecule has 2 aliphatic heterocycles. The number of hydrogen-bond donors (Lipinski definition) is 2. The van der Waals surface area contributed by atoms with Crippen LogP contribution in [-0.4, -0.2) is 47.6 Å². The first-order chi connectivity index (χ1) is 14.1. The Morgan fingerprint density at radius 3 is 2.76 bits per heavy atom. The molecule has 8 nitrogen and oxygen atoms in total. The van der Waals surface area contributed by atoms with Crippen LogP contribution < -0.4 is 20.1 Å². The van der Waals surface area contributed by atoms with Crippen LogP contribution in [0.2, 0.25) is 0 Å². The lowest BCUT2D eigenvalue weighted by atomic mass is 10.1. The summed E-state index contributed by atoms with van der Waals surface area (Å²) in [5, 5.41) is 5.58. The molecule has 0 unspecified atom stereocenters. The van der Waals surface area contributed by atoms with Crippen LogP contribution in [0.5, 0.6) is 11.5 Å². The Labute approximate surface area is 171 Å². The van der Waals surface area contributed by atoms with Crippen molar-refractivity contribution in [2.75, 3.05) is 30.3 Å². The zero-order chi connectivity index (χ0) is 20.2. The molecule has 1 fully saturated rings. The topological polar surface area (TPSA) is 97.0 Å². The summed E-state index contributed by atoms with van der Waals surface area (Å²) < 4.78 is 10.6. The van der Waals surface area contributed by atoms with Gasteiger partial charge >= 0.3 is 0 Å². The average molecular weight is 413 g/mol. The normalized spacial score (nSPS) is 14.8. The quantitative estimate of drug-likeness (QED) is 0.750. The molecule has 2 N–H and O–H groups in total. The van der Waals surface area contributed by atoms with Crippen molar-refractivity contribution in [1.82, 2.24) is 10.2 Å². The van der Waals surface area contributed by atoms with E-state index in [-0.39, 0.29) is 31.1 Å². The molecule has 0 spiro atoms. The van der Waals surface area contributed by atoms with E-state index in [0.717, 1.165) is 5.56 Å². The molecule has 0 aliphatic carbocycles. The van der Waals surface area contributed by atoms with E-state index in [2.05, 4.69) is 10.6 Å². The van der Waals surface area contributed by atoms with Crippen molar-refractivity contribution in [3.63, 3.8) is 0 Å². The second-order valence-corrected chi connectivity index (χ2v) is 7.49. The summed E-state index contributed by atoms with van der Waals surface area (Å²) in [6, 6.07) is 12.2. The first-order valence-corrected chi connectivity index (χ1v) is 10.2.